The maximum absolute atomic E-state index is 12.5. The summed E-state index contributed by atoms with van der Waals surface area (Å²) in [5.41, 5.74) is -4.65. The standard InChI is InChI=1S/C11H7F3INO2S/c1-2-18-10(17)7-3-6(5-16)4-8(15)9(7)19-11(12,13)14/h3-4H,2H2,1H3. The predicted octanol–water partition coefficient (Wildman–Crippen LogP) is 3.95. The largest absolute Gasteiger partial charge is 0.462 e. The van der Waals surface area contributed by atoms with Crippen LogP contribution in [-0.2, 0) is 4.74 Å². The molecule has 0 unspecified atom stereocenters. The first-order valence-corrected chi connectivity index (χ1v) is 6.84. The molecule has 0 aliphatic carbocycles. The van der Waals surface area contributed by atoms with Crippen molar-refractivity contribution in [2.75, 3.05) is 6.61 Å². The summed E-state index contributed by atoms with van der Waals surface area (Å²) in [4.78, 5) is 11.4. The third kappa shape index (κ3) is 4.58. The lowest BCUT2D eigenvalue weighted by Crippen LogP contribution is -2.10. The Kier molecular flexibility index (Phi) is 5.49. The number of carbonyl (C=O) groups excluding carboxylic acids is 1. The molecule has 0 amide bonds. The molecule has 1 rings (SSSR count). The lowest BCUT2D eigenvalue weighted by Gasteiger charge is -2.12. The zero-order valence-electron chi connectivity index (χ0n) is 9.55. The summed E-state index contributed by atoms with van der Waals surface area (Å²) >= 11 is 1.27. The van der Waals surface area contributed by atoms with E-state index in [0.29, 0.717) is 0 Å². The number of rotatable bonds is 3. The molecule has 0 saturated heterocycles. The molecule has 0 aliphatic rings. The third-order valence-electron chi connectivity index (χ3n) is 1.89. The van der Waals surface area contributed by atoms with Crippen LogP contribution < -0.4 is 0 Å². The monoisotopic (exact) mass is 401 g/mol. The van der Waals surface area contributed by atoms with E-state index in [1.807, 2.05) is 0 Å². The Morgan fingerprint density at radius 2 is 2.16 bits per heavy atom. The highest BCUT2D eigenvalue weighted by Crippen LogP contribution is 2.41. The van der Waals surface area contributed by atoms with Gasteiger partial charge in [-0.1, -0.05) is 0 Å². The van der Waals surface area contributed by atoms with E-state index in [-0.39, 0.29) is 26.2 Å². The second kappa shape index (κ2) is 6.47. The summed E-state index contributed by atoms with van der Waals surface area (Å²) < 4.78 is 42.3. The molecule has 0 radical (unpaired) electrons. The van der Waals surface area contributed by atoms with E-state index in [9.17, 15) is 18.0 Å². The SMILES string of the molecule is CCOC(=O)c1cc(C#N)cc(I)c1SC(F)(F)F. The van der Waals surface area contributed by atoms with E-state index in [1.165, 1.54) is 6.07 Å². The van der Waals surface area contributed by atoms with E-state index in [1.54, 1.807) is 35.6 Å². The number of thioether (sulfide) groups is 1. The fraction of sp³-hybridized carbons (Fsp3) is 0.273. The van der Waals surface area contributed by atoms with Crippen LogP contribution in [0.4, 0.5) is 13.2 Å². The van der Waals surface area contributed by atoms with Crippen LogP contribution in [0.15, 0.2) is 17.0 Å². The Bertz CT molecular complexity index is 540. The first-order valence-electron chi connectivity index (χ1n) is 4.95. The summed E-state index contributed by atoms with van der Waals surface area (Å²) in [5, 5.41) is 8.79. The van der Waals surface area contributed by atoms with Crippen molar-refractivity contribution in [2.45, 2.75) is 17.3 Å². The van der Waals surface area contributed by atoms with Crippen molar-refractivity contribution in [3.05, 3.63) is 26.8 Å². The number of ether oxygens (including phenoxy) is 1. The molecule has 8 heteroatoms. The molecule has 3 nitrogen and oxygen atoms in total. The zero-order valence-corrected chi connectivity index (χ0v) is 12.5. The predicted molar refractivity (Wildman–Crippen MR) is 71.7 cm³/mol. The number of nitriles is 1. The van der Waals surface area contributed by atoms with Gasteiger partial charge in [0.25, 0.3) is 0 Å². The van der Waals surface area contributed by atoms with Gasteiger partial charge in [0.1, 0.15) is 0 Å². The molecule has 19 heavy (non-hydrogen) atoms. The smallest absolute Gasteiger partial charge is 0.446 e. The molecule has 0 N–H and O–H groups in total. The number of esters is 1. The van der Waals surface area contributed by atoms with Crippen LogP contribution in [0.2, 0.25) is 0 Å². The fourth-order valence-electron chi connectivity index (χ4n) is 1.24. The van der Waals surface area contributed by atoms with Gasteiger partial charge in [0, 0.05) is 8.47 Å². The van der Waals surface area contributed by atoms with E-state index in [4.69, 9.17) is 10.00 Å². The molecule has 1 aromatic rings. The Balaban J connectivity index is 3.34. The molecule has 0 fully saturated rings. The summed E-state index contributed by atoms with van der Waals surface area (Å²) in [6, 6.07) is 4.19. The van der Waals surface area contributed by atoms with E-state index >= 15 is 0 Å². The molecule has 0 bridgehead atoms. The minimum atomic E-state index is -4.52. The van der Waals surface area contributed by atoms with Gasteiger partial charge in [0.15, 0.2) is 0 Å². The van der Waals surface area contributed by atoms with Crippen molar-refractivity contribution < 1.29 is 22.7 Å². The van der Waals surface area contributed by atoms with Crippen molar-refractivity contribution in [1.29, 1.82) is 5.26 Å². The number of alkyl halides is 3. The van der Waals surface area contributed by atoms with Gasteiger partial charge in [-0.05, 0) is 53.4 Å². The van der Waals surface area contributed by atoms with Crippen LogP contribution >= 0.6 is 34.4 Å². The average Bonchev–Trinajstić information content (AvgIpc) is 2.30. The van der Waals surface area contributed by atoms with Crippen LogP contribution in [0.5, 0.6) is 0 Å². The second-order valence-corrected chi connectivity index (χ2v) is 5.45. The summed E-state index contributed by atoms with van der Waals surface area (Å²) in [6.45, 7) is 1.59. The second-order valence-electron chi connectivity index (χ2n) is 3.21. The topological polar surface area (TPSA) is 50.1 Å². The van der Waals surface area contributed by atoms with E-state index < -0.39 is 23.2 Å². The minimum Gasteiger partial charge on any atom is -0.462 e. The quantitative estimate of drug-likeness (QED) is 0.437. The Hall–Kier alpha value is -0.950. The molecule has 0 saturated carbocycles. The number of halogens is 4. The van der Waals surface area contributed by atoms with Crippen molar-refractivity contribution in [2.24, 2.45) is 0 Å². The van der Waals surface area contributed by atoms with E-state index in [2.05, 4.69) is 0 Å². The van der Waals surface area contributed by atoms with Crippen molar-refractivity contribution in [3.63, 3.8) is 0 Å². The Morgan fingerprint density at radius 3 is 2.63 bits per heavy atom. The average molecular weight is 401 g/mol. The molecule has 0 aromatic heterocycles. The van der Waals surface area contributed by atoms with Gasteiger partial charge in [-0.15, -0.1) is 0 Å². The number of hydrogen-bond acceptors (Lipinski definition) is 4. The highest BCUT2D eigenvalue weighted by atomic mass is 127. The maximum Gasteiger partial charge on any atom is 0.446 e. The number of hydrogen-bond donors (Lipinski definition) is 0. The van der Waals surface area contributed by atoms with Crippen molar-refractivity contribution in [3.8, 4) is 6.07 Å². The summed E-state index contributed by atoms with van der Waals surface area (Å²) in [5.74, 6) is -0.871. The lowest BCUT2D eigenvalue weighted by atomic mass is 10.1. The van der Waals surface area contributed by atoms with Crippen LogP contribution in [-0.4, -0.2) is 18.1 Å². The molecule has 1 aromatic carbocycles. The maximum atomic E-state index is 12.5. The molecule has 0 heterocycles. The van der Waals surface area contributed by atoms with Crippen LogP contribution in [0.1, 0.15) is 22.8 Å². The van der Waals surface area contributed by atoms with E-state index in [0.717, 1.165) is 6.07 Å². The molecule has 0 aliphatic heterocycles. The normalized spacial score (nSPS) is 10.9. The minimum absolute atomic E-state index is 0.0440. The van der Waals surface area contributed by atoms with Gasteiger partial charge in [-0.25, -0.2) is 4.79 Å². The first-order chi connectivity index (χ1) is 8.78. The fourth-order valence-corrected chi connectivity index (χ4v) is 2.83. The highest BCUT2D eigenvalue weighted by Gasteiger charge is 2.33. The Morgan fingerprint density at radius 1 is 1.53 bits per heavy atom. The Labute approximate surface area is 125 Å². The third-order valence-corrected chi connectivity index (χ3v) is 3.98. The van der Waals surface area contributed by atoms with Gasteiger partial charge < -0.3 is 4.74 Å². The molecule has 0 atom stereocenters. The lowest BCUT2D eigenvalue weighted by molar-refractivity contribution is -0.0328. The van der Waals surface area contributed by atoms with Gasteiger partial charge in [0.05, 0.1) is 23.8 Å². The van der Waals surface area contributed by atoms with Gasteiger partial charge in [0.2, 0.25) is 0 Å². The molecular weight excluding hydrogens is 394 g/mol. The van der Waals surface area contributed by atoms with Crippen LogP contribution in [0, 0.1) is 14.9 Å². The number of carbonyl (C=O) groups is 1. The first kappa shape index (κ1) is 16.1. The zero-order chi connectivity index (χ0) is 14.6. The van der Waals surface area contributed by atoms with Crippen LogP contribution in [0.25, 0.3) is 0 Å². The number of nitrogens with zero attached hydrogens (tertiary/aromatic N) is 1. The number of benzene rings is 1. The summed E-state index contributed by atoms with van der Waals surface area (Å²) in [7, 11) is 0. The van der Waals surface area contributed by atoms with Crippen molar-refractivity contribution in [1.82, 2.24) is 0 Å². The molecule has 0 spiro atoms. The van der Waals surface area contributed by atoms with Gasteiger partial charge >= 0.3 is 11.5 Å². The van der Waals surface area contributed by atoms with Crippen molar-refractivity contribution >= 4 is 40.3 Å². The van der Waals surface area contributed by atoms with Gasteiger partial charge in [-0.3, -0.25) is 0 Å². The van der Waals surface area contributed by atoms with Crippen LogP contribution in [0.3, 0.4) is 0 Å². The highest BCUT2D eigenvalue weighted by molar-refractivity contribution is 14.1. The van der Waals surface area contributed by atoms with Gasteiger partial charge in [-0.2, -0.15) is 18.4 Å². The summed E-state index contributed by atoms with van der Waals surface area (Å²) in [6.07, 6.45) is 0. The molecular formula is C11H7F3INO2S. The molecule has 102 valence electrons.